The zero-order valence-corrected chi connectivity index (χ0v) is 10.2. The maximum Gasteiger partial charge on any atom is 0.126 e. The molecule has 0 fully saturated rings. The molecule has 0 radical (unpaired) electrons. The lowest BCUT2D eigenvalue weighted by atomic mass is 10.1. The lowest BCUT2D eigenvalue weighted by Crippen LogP contribution is -1.99. The summed E-state index contributed by atoms with van der Waals surface area (Å²) in [7, 11) is 0. The van der Waals surface area contributed by atoms with Crippen molar-refractivity contribution in [3.05, 3.63) is 28.8 Å². The summed E-state index contributed by atoms with van der Waals surface area (Å²) in [6, 6.07) is 3.89. The van der Waals surface area contributed by atoms with Crippen molar-refractivity contribution < 1.29 is 14.6 Å². The van der Waals surface area contributed by atoms with Gasteiger partial charge in [0.25, 0.3) is 0 Å². The van der Waals surface area contributed by atoms with Crippen molar-refractivity contribution in [2.45, 2.75) is 34.0 Å². The fourth-order valence-electron chi connectivity index (χ4n) is 1.58. The number of benzene rings is 1. The van der Waals surface area contributed by atoms with E-state index in [0.29, 0.717) is 32.2 Å². The van der Waals surface area contributed by atoms with Crippen molar-refractivity contribution in [3.63, 3.8) is 0 Å². The van der Waals surface area contributed by atoms with E-state index in [9.17, 15) is 5.11 Å². The Hall–Kier alpha value is -1.06. The van der Waals surface area contributed by atoms with Crippen LogP contribution in [-0.4, -0.2) is 18.3 Å². The number of hydrogen-bond donors (Lipinski definition) is 1. The molecule has 90 valence electrons. The highest BCUT2D eigenvalue weighted by atomic mass is 16.5. The number of hydrogen-bond acceptors (Lipinski definition) is 3. The number of aryl methyl sites for hydroxylation is 1. The Morgan fingerprint density at radius 2 is 1.44 bits per heavy atom. The van der Waals surface area contributed by atoms with Gasteiger partial charge in [0.05, 0.1) is 13.2 Å². The third-order valence-corrected chi connectivity index (χ3v) is 2.34. The molecule has 1 aromatic rings. The molecule has 3 heteroatoms. The molecule has 0 unspecified atom stereocenters. The molecule has 3 nitrogen and oxygen atoms in total. The van der Waals surface area contributed by atoms with E-state index in [1.165, 1.54) is 0 Å². The Balaban J connectivity index is 2.86. The Morgan fingerprint density at radius 1 is 1.00 bits per heavy atom. The van der Waals surface area contributed by atoms with E-state index in [2.05, 4.69) is 0 Å². The average Bonchev–Trinajstić information content (AvgIpc) is 2.28. The summed E-state index contributed by atoms with van der Waals surface area (Å²) in [5.41, 5.74) is 2.77. The molecular weight excluding hydrogens is 204 g/mol. The van der Waals surface area contributed by atoms with Crippen molar-refractivity contribution in [2.75, 3.05) is 13.2 Å². The van der Waals surface area contributed by atoms with E-state index in [1.807, 2.05) is 32.9 Å². The van der Waals surface area contributed by atoms with Crippen LogP contribution >= 0.6 is 0 Å². The van der Waals surface area contributed by atoms with Gasteiger partial charge in [-0.2, -0.15) is 0 Å². The fourth-order valence-corrected chi connectivity index (χ4v) is 1.58. The van der Waals surface area contributed by atoms with E-state index in [1.54, 1.807) is 0 Å². The highest BCUT2D eigenvalue weighted by Crippen LogP contribution is 2.26. The number of rotatable bonds is 6. The van der Waals surface area contributed by atoms with Gasteiger partial charge in [0.2, 0.25) is 0 Å². The van der Waals surface area contributed by atoms with Crippen molar-refractivity contribution >= 4 is 0 Å². The minimum atomic E-state index is 0.299. The summed E-state index contributed by atoms with van der Waals surface area (Å²) in [4.78, 5) is 0. The van der Waals surface area contributed by atoms with Gasteiger partial charge < -0.3 is 14.6 Å². The number of aromatic hydroxyl groups is 1. The Kier molecular flexibility index (Phi) is 5.29. The minimum absolute atomic E-state index is 0.299. The smallest absolute Gasteiger partial charge is 0.126 e. The van der Waals surface area contributed by atoms with Crippen molar-refractivity contribution in [2.24, 2.45) is 0 Å². The van der Waals surface area contributed by atoms with E-state index >= 15 is 0 Å². The molecule has 1 N–H and O–H groups in total. The average molecular weight is 224 g/mol. The first-order valence-electron chi connectivity index (χ1n) is 5.65. The van der Waals surface area contributed by atoms with Crippen molar-refractivity contribution in [1.82, 2.24) is 0 Å². The number of phenolic OH excluding ortho intramolecular Hbond substituents is 1. The first kappa shape index (κ1) is 13.0. The predicted molar refractivity (Wildman–Crippen MR) is 63.5 cm³/mol. The highest BCUT2D eigenvalue weighted by molar-refractivity contribution is 5.42. The van der Waals surface area contributed by atoms with Gasteiger partial charge in [0.1, 0.15) is 5.75 Å². The van der Waals surface area contributed by atoms with Crippen LogP contribution in [0, 0.1) is 6.92 Å². The second-order valence-corrected chi connectivity index (χ2v) is 3.71. The van der Waals surface area contributed by atoms with Gasteiger partial charge >= 0.3 is 0 Å². The van der Waals surface area contributed by atoms with E-state index in [-0.39, 0.29) is 0 Å². The van der Waals surface area contributed by atoms with Crippen LogP contribution in [0.3, 0.4) is 0 Å². The fraction of sp³-hybridized carbons (Fsp3) is 0.538. The molecule has 0 spiro atoms. The normalized spacial score (nSPS) is 10.7. The van der Waals surface area contributed by atoms with Gasteiger partial charge in [-0.3, -0.25) is 0 Å². The van der Waals surface area contributed by atoms with E-state index in [0.717, 1.165) is 16.7 Å². The van der Waals surface area contributed by atoms with Gasteiger partial charge in [0, 0.05) is 24.3 Å². The van der Waals surface area contributed by atoms with Crippen molar-refractivity contribution in [1.29, 1.82) is 0 Å². The SMILES string of the molecule is CCOCc1cc(C)cc(COCC)c1O. The molecule has 0 aliphatic rings. The second kappa shape index (κ2) is 6.51. The van der Waals surface area contributed by atoms with Crippen LogP contribution in [0.25, 0.3) is 0 Å². The third-order valence-electron chi connectivity index (χ3n) is 2.34. The van der Waals surface area contributed by atoms with Crippen molar-refractivity contribution in [3.8, 4) is 5.75 Å². The maximum absolute atomic E-state index is 10.0. The quantitative estimate of drug-likeness (QED) is 0.807. The lowest BCUT2D eigenvalue weighted by Gasteiger charge is -2.11. The first-order valence-corrected chi connectivity index (χ1v) is 5.65. The molecule has 0 aliphatic heterocycles. The molecule has 0 bridgehead atoms. The largest absolute Gasteiger partial charge is 0.507 e. The van der Waals surface area contributed by atoms with Crippen LogP contribution < -0.4 is 0 Å². The molecule has 0 heterocycles. The minimum Gasteiger partial charge on any atom is -0.507 e. The Morgan fingerprint density at radius 3 is 1.81 bits per heavy atom. The summed E-state index contributed by atoms with van der Waals surface area (Å²) in [5, 5.41) is 10.0. The van der Waals surface area contributed by atoms with Gasteiger partial charge in [0.15, 0.2) is 0 Å². The monoisotopic (exact) mass is 224 g/mol. The molecular formula is C13H20O3. The summed E-state index contributed by atoms with van der Waals surface area (Å²) >= 11 is 0. The molecule has 1 rings (SSSR count). The third kappa shape index (κ3) is 3.51. The van der Waals surface area contributed by atoms with E-state index < -0.39 is 0 Å². The van der Waals surface area contributed by atoms with Gasteiger partial charge in [-0.1, -0.05) is 17.7 Å². The zero-order valence-electron chi connectivity index (χ0n) is 10.2. The molecule has 0 atom stereocenters. The van der Waals surface area contributed by atoms with E-state index in [4.69, 9.17) is 9.47 Å². The summed E-state index contributed by atoms with van der Waals surface area (Å²) in [5.74, 6) is 0.299. The molecule has 1 aromatic carbocycles. The molecule has 0 aromatic heterocycles. The van der Waals surface area contributed by atoms with Crippen LogP contribution in [0.4, 0.5) is 0 Å². The Bertz CT molecular complexity index is 305. The zero-order chi connectivity index (χ0) is 12.0. The lowest BCUT2D eigenvalue weighted by molar-refractivity contribution is 0.126. The van der Waals surface area contributed by atoms with Crippen LogP contribution in [0.1, 0.15) is 30.5 Å². The molecule has 16 heavy (non-hydrogen) atoms. The first-order chi connectivity index (χ1) is 7.69. The summed E-state index contributed by atoms with van der Waals surface area (Å²) in [6.07, 6.45) is 0. The number of phenols is 1. The second-order valence-electron chi connectivity index (χ2n) is 3.71. The van der Waals surface area contributed by atoms with Gasteiger partial charge in [-0.05, 0) is 20.8 Å². The molecule has 0 saturated carbocycles. The summed E-state index contributed by atoms with van der Waals surface area (Å²) < 4.78 is 10.6. The van der Waals surface area contributed by atoms with Crippen LogP contribution in [0.5, 0.6) is 5.75 Å². The number of ether oxygens (including phenoxy) is 2. The molecule has 0 saturated heterocycles. The van der Waals surface area contributed by atoms with Crippen LogP contribution in [-0.2, 0) is 22.7 Å². The van der Waals surface area contributed by atoms with Gasteiger partial charge in [-0.15, -0.1) is 0 Å². The molecule has 0 amide bonds. The summed E-state index contributed by atoms with van der Waals surface area (Å²) in [6.45, 7) is 8.07. The van der Waals surface area contributed by atoms with Crippen LogP contribution in [0.2, 0.25) is 0 Å². The topological polar surface area (TPSA) is 38.7 Å². The highest BCUT2D eigenvalue weighted by Gasteiger charge is 2.08. The standard InChI is InChI=1S/C13H20O3/c1-4-15-8-11-6-10(3)7-12(13(11)14)9-16-5-2/h6-7,14H,4-5,8-9H2,1-3H3. The molecule has 0 aliphatic carbocycles. The van der Waals surface area contributed by atoms with Crippen LogP contribution in [0.15, 0.2) is 12.1 Å². The maximum atomic E-state index is 10.0. The van der Waals surface area contributed by atoms with Gasteiger partial charge in [-0.25, -0.2) is 0 Å². The Labute approximate surface area is 97.0 Å². The predicted octanol–water partition coefficient (Wildman–Crippen LogP) is 2.77.